The summed E-state index contributed by atoms with van der Waals surface area (Å²) in [7, 11) is 0. The molecule has 1 atom stereocenters. The number of carbonyl (C=O) groups is 2. The molecule has 26 heavy (non-hydrogen) atoms. The summed E-state index contributed by atoms with van der Waals surface area (Å²) in [4.78, 5) is 30.9. The highest BCUT2D eigenvalue weighted by Gasteiger charge is 2.30. The molecule has 1 aliphatic heterocycles. The molecule has 0 spiro atoms. The largest absolute Gasteiger partial charge is 0.338 e. The first-order chi connectivity index (χ1) is 12.4. The molecule has 1 aromatic heterocycles. The van der Waals surface area contributed by atoms with Gasteiger partial charge in [-0.25, -0.2) is 9.37 Å². The molecule has 7 heteroatoms. The lowest BCUT2D eigenvalue weighted by molar-refractivity contribution is -0.121. The lowest BCUT2D eigenvalue weighted by atomic mass is 9.96. The van der Waals surface area contributed by atoms with Crippen LogP contribution in [0.4, 0.5) is 10.2 Å². The normalized spacial score (nSPS) is 17.0. The molecule has 1 fully saturated rings. The summed E-state index contributed by atoms with van der Waals surface area (Å²) in [6.45, 7) is 2.57. The molecule has 2 aromatic rings. The molecule has 1 aliphatic rings. The molecule has 0 radical (unpaired) electrons. The number of aromatic nitrogens is 1. The fourth-order valence-corrected chi connectivity index (χ4v) is 3.22. The molecule has 0 saturated carbocycles. The van der Waals surface area contributed by atoms with Gasteiger partial charge in [0.1, 0.15) is 11.6 Å². The van der Waals surface area contributed by atoms with Crippen LogP contribution in [0.2, 0.25) is 5.02 Å². The third kappa shape index (κ3) is 4.19. The van der Waals surface area contributed by atoms with Gasteiger partial charge in [-0.15, -0.1) is 0 Å². The molecule has 1 unspecified atom stereocenters. The molecule has 2 amide bonds. The molecule has 136 valence electrons. The maximum absolute atomic E-state index is 14.0. The second-order valence-corrected chi connectivity index (χ2v) is 6.80. The summed E-state index contributed by atoms with van der Waals surface area (Å²) >= 11 is 5.87. The van der Waals surface area contributed by atoms with E-state index in [0.29, 0.717) is 30.2 Å². The quantitative estimate of drug-likeness (QED) is 0.890. The Morgan fingerprint density at radius 2 is 2.12 bits per heavy atom. The molecule has 0 aliphatic carbocycles. The van der Waals surface area contributed by atoms with Gasteiger partial charge in [0.15, 0.2) is 0 Å². The minimum atomic E-state index is -0.616. The SMILES string of the molecule is Cc1cccc(NC(=O)C2CCCN(C(=O)c3cc(Cl)ccc3F)C2)n1. The van der Waals surface area contributed by atoms with E-state index >= 15 is 0 Å². The number of nitrogens with zero attached hydrogens (tertiary/aromatic N) is 2. The van der Waals surface area contributed by atoms with E-state index in [2.05, 4.69) is 10.3 Å². The van der Waals surface area contributed by atoms with Crippen molar-refractivity contribution >= 4 is 29.2 Å². The summed E-state index contributed by atoms with van der Waals surface area (Å²) in [6, 6.07) is 9.27. The number of aryl methyl sites for hydroxylation is 1. The molecule has 1 aromatic carbocycles. The Morgan fingerprint density at radius 3 is 2.88 bits per heavy atom. The maximum Gasteiger partial charge on any atom is 0.256 e. The first kappa shape index (κ1) is 18.3. The first-order valence-corrected chi connectivity index (χ1v) is 8.80. The van der Waals surface area contributed by atoms with Gasteiger partial charge in [0.2, 0.25) is 5.91 Å². The minimum Gasteiger partial charge on any atom is -0.338 e. The van der Waals surface area contributed by atoms with E-state index in [1.54, 1.807) is 6.07 Å². The number of piperidine rings is 1. The molecule has 1 N–H and O–H groups in total. The number of hydrogen-bond acceptors (Lipinski definition) is 3. The van der Waals surface area contributed by atoms with E-state index in [4.69, 9.17) is 11.6 Å². The van der Waals surface area contributed by atoms with E-state index in [0.717, 1.165) is 5.69 Å². The second-order valence-electron chi connectivity index (χ2n) is 6.37. The Balaban J connectivity index is 1.69. The monoisotopic (exact) mass is 375 g/mol. The van der Waals surface area contributed by atoms with Crippen molar-refractivity contribution in [1.82, 2.24) is 9.88 Å². The molecule has 5 nitrogen and oxygen atoms in total. The van der Waals surface area contributed by atoms with Crippen LogP contribution in [0.3, 0.4) is 0 Å². The average Bonchev–Trinajstić information content (AvgIpc) is 2.63. The van der Waals surface area contributed by atoms with Crippen LogP contribution in [0.5, 0.6) is 0 Å². The minimum absolute atomic E-state index is 0.0705. The number of hydrogen-bond donors (Lipinski definition) is 1. The van der Waals surface area contributed by atoms with Gasteiger partial charge in [-0.3, -0.25) is 9.59 Å². The van der Waals surface area contributed by atoms with Gasteiger partial charge < -0.3 is 10.2 Å². The zero-order valence-corrected chi connectivity index (χ0v) is 15.1. The van der Waals surface area contributed by atoms with Gasteiger partial charge in [0, 0.05) is 23.8 Å². The Morgan fingerprint density at radius 1 is 1.31 bits per heavy atom. The predicted octanol–water partition coefficient (Wildman–Crippen LogP) is 3.67. The molecule has 2 heterocycles. The zero-order valence-electron chi connectivity index (χ0n) is 14.3. The third-order valence-electron chi connectivity index (χ3n) is 4.38. The van der Waals surface area contributed by atoms with Gasteiger partial charge in [0.25, 0.3) is 5.91 Å². The van der Waals surface area contributed by atoms with Crippen molar-refractivity contribution in [2.75, 3.05) is 18.4 Å². The number of likely N-dealkylation sites (tertiary alicyclic amines) is 1. The third-order valence-corrected chi connectivity index (χ3v) is 4.61. The summed E-state index contributed by atoms with van der Waals surface area (Å²) in [5.41, 5.74) is 0.735. The van der Waals surface area contributed by atoms with Crippen LogP contribution in [-0.2, 0) is 4.79 Å². The molecule has 3 rings (SSSR count). The van der Waals surface area contributed by atoms with E-state index in [1.807, 2.05) is 19.1 Å². The number of rotatable bonds is 3. The van der Waals surface area contributed by atoms with Crippen LogP contribution in [-0.4, -0.2) is 34.8 Å². The zero-order chi connectivity index (χ0) is 18.7. The predicted molar refractivity (Wildman–Crippen MR) is 97.6 cm³/mol. The van der Waals surface area contributed by atoms with Crippen LogP contribution in [0, 0.1) is 18.7 Å². The summed E-state index contributed by atoms with van der Waals surface area (Å²) < 4.78 is 14.0. The first-order valence-electron chi connectivity index (χ1n) is 8.43. The summed E-state index contributed by atoms with van der Waals surface area (Å²) in [5.74, 6) is -1.13. The highest BCUT2D eigenvalue weighted by molar-refractivity contribution is 6.31. The van der Waals surface area contributed by atoms with E-state index in [9.17, 15) is 14.0 Å². The van der Waals surface area contributed by atoms with Crippen molar-refractivity contribution in [1.29, 1.82) is 0 Å². The van der Waals surface area contributed by atoms with Crippen LogP contribution in [0.25, 0.3) is 0 Å². The number of carbonyl (C=O) groups excluding carboxylic acids is 2. The Labute approximate surface area is 156 Å². The smallest absolute Gasteiger partial charge is 0.256 e. The van der Waals surface area contributed by atoms with Crippen molar-refractivity contribution in [3.05, 3.63) is 58.5 Å². The highest BCUT2D eigenvalue weighted by atomic mass is 35.5. The lowest BCUT2D eigenvalue weighted by Gasteiger charge is -2.32. The number of amides is 2. The van der Waals surface area contributed by atoms with Crippen LogP contribution < -0.4 is 5.32 Å². The second kappa shape index (κ2) is 7.83. The molecule has 1 saturated heterocycles. The lowest BCUT2D eigenvalue weighted by Crippen LogP contribution is -2.44. The van der Waals surface area contributed by atoms with Gasteiger partial charge >= 0.3 is 0 Å². The Kier molecular flexibility index (Phi) is 5.52. The van der Waals surface area contributed by atoms with Crippen molar-refractivity contribution in [2.45, 2.75) is 19.8 Å². The number of halogens is 2. The maximum atomic E-state index is 14.0. The Bertz CT molecular complexity index is 843. The highest BCUT2D eigenvalue weighted by Crippen LogP contribution is 2.22. The van der Waals surface area contributed by atoms with Gasteiger partial charge in [-0.1, -0.05) is 17.7 Å². The van der Waals surface area contributed by atoms with Crippen molar-refractivity contribution < 1.29 is 14.0 Å². The standard InChI is InChI=1S/C19H19ClFN3O2/c1-12-4-2-6-17(22-12)23-18(25)13-5-3-9-24(11-13)19(26)15-10-14(20)7-8-16(15)21/h2,4,6-8,10,13H,3,5,9,11H2,1H3,(H,22,23,25). The molecular formula is C19H19ClFN3O2. The number of benzene rings is 1. The van der Waals surface area contributed by atoms with Crippen molar-refractivity contribution in [3.63, 3.8) is 0 Å². The van der Waals surface area contributed by atoms with Gasteiger partial charge in [0.05, 0.1) is 11.5 Å². The fourth-order valence-electron chi connectivity index (χ4n) is 3.05. The van der Waals surface area contributed by atoms with Crippen molar-refractivity contribution in [2.24, 2.45) is 5.92 Å². The topological polar surface area (TPSA) is 62.3 Å². The van der Waals surface area contributed by atoms with E-state index < -0.39 is 11.7 Å². The van der Waals surface area contributed by atoms with Crippen molar-refractivity contribution in [3.8, 4) is 0 Å². The van der Waals surface area contributed by atoms with Gasteiger partial charge in [-0.05, 0) is 50.1 Å². The number of nitrogens with one attached hydrogen (secondary N) is 1. The fraction of sp³-hybridized carbons (Fsp3) is 0.316. The number of pyridine rings is 1. The number of anilines is 1. The Hall–Kier alpha value is -2.47. The van der Waals surface area contributed by atoms with Crippen LogP contribution >= 0.6 is 11.6 Å². The summed E-state index contributed by atoms with van der Waals surface area (Å²) in [6.07, 6.45) is 1.34. The summed E-state index contributed by atoms with van der Waals surface area (Å²) in [5, 5.41) is 3.09. The van der Waals surface area contributed by atoms with Crippen LogP contribution in [0.1, 0.15) is 28.9 Å². The molecule has 0 bridgehead atoms. The van der Waals surface area contributed by atoms with E-state index in [1.165, 1.54) is 23.1 Å². The van der Waals surface area contributed by atoms with Gasteiger partial charge in [-0.2, -0.15) is 0 Å². The molecular weight excluding hydrogens is 357 g/mol. The van der Waals surface area contributed by atoms with Crippen LogP contribution in [0.15, 0.2) is 36.4 Å². The average molecular weight is 376 g/mol. The van der Waals surface area contributed by atoms with E-state index in [-0.39, 0.29) is 23.9 Å².